The maximum absolute atomic E-state index is 12.1. The van der Waals surface area contributed by atoms with Crippen molar-refractivity contribution in [2.75, 3.05) is 7.11 Å². The first-order valence-corrected chi connectivity index (χ1v) is 5.66. The summed E-state index contributed by atoms with van der Waals surface area (Å²) in [5.41, 5.74) is 0.698. The fourth-order valence-corrected chi connectivity index (χ4v) is 1.69. The standard InChI is InChI=1S/C13H16N2O3/c1-13(2,3)18-12(16)8-7-15-9-5-6-14-11(17-4)10(8)9/h5-7,15H,1-4H3. The summed E-state index contributed by atoms with van der Waals surface area (Å²) in [5, 5.41) is 0.647. The minimum Gasteiger partial charge on any atom is -0.480 e. The minimum absolute atomic E-state index is 0.389. The lowest BCUT2D eigenvalue weighted by Gasteiger charge is -2.19. The van der Waals surface area contributed by atoms with E-state index in [1.54, 1.807) is 18.5 Å². The van der Waals surface area contributed by atoms with E-state index in [2.05, 4.69) is 9.97 Å². The first kappa shape index (κ1) is 12.4. The maximum atomic E-state index is 12.1. The zero-order valence-corrected chi connectivity index (χ0v) is 10.9. The number of aromatic nitrogens is 2. The van der Waals surface area contributed by atoms with Gasteiger partial charge in [-0.25, -0.2) is 9.78 Å². The molecule has 5 heteroatoms. The van der Waals surface area contributed by atoms with Gasteiger partial charge in [0.25, 0.3) is 0 Å². The van der Waals surface area contributed by atoms with Crippen LogP contribution in [0.3, 0.4) is 0 Å². The zero-order valence-electron chi connectivity index (χ0n) is 10.9. The van der Waals surface area contributed by atoms with Gasteiger partial charge < -0.3 is 14.5 Å². The van der Waals surface area contributed by atoms with E-state index in [4.69, 9.17) is 9.47 Å². The molecule has 2 heterocycles. The Labute approximate surface area is 105 Å². The number of ether oxygens (including phenoxy) is 2. The molecule has 0 saturated carbocycles. The van der Waals surface area contributed by atoms with Crippen LogP contribution in [-0.2, 0) is 4.74 Å². The summed E-state index contributed by atoms with van der Waals surface area (Å²) in [6.45, 7) is 5.49. The number of pyridine rings is 1. The lowest BCUT2D eigenvalue weighted by atomic mass is 10.1. The fourth-order valence-electron chi connectivity index (χ4n) is 1.69. The van der Waals surface area contributed by atoms with Crippen LogP contribution in [0.1, 0.15) is 31.1 Å². The Morgan fingerprint density at radius 1 is 1.39 bits per heavy atom. The Bertz CT molecular complexity index is 581. The molecule has 0 bridgehead atoms. The Hall–Kier alpha value is -2.04. The molecule has 0 spiro atoms. The predicted octanol–water partition coefficient (Wildman–Crippen LogP) is 2.53. The van der Waals surface area contributed by atoms with Gasteiger partial charge in [0.2, 0.25) is 5.88 Å². The van der Waals surface area contributed by atoms with Crippen molar-refractivity contribution in [2.45, 2.75) is 26.4 Å². The Morgan fingerprint density at radius 2 is 2.11 bits per heavy atom. The summed E-state index contributed by atoms with van der Waals surface area (Å²) >= 11 is 0. The first-order valence-electron chi connectivity index (χ1n) is 5.66. The number of aromatic amines is 1. The van der Waals surface area contributed by atoms with Gasteiger partial charge in [-0.15, -0.1) is 0 Å². The van der Waals surface area contributed by atoms with Gasteiger partial charge >= 0.3 is 5.97 Å². The third kappa shape index (κ3) is 2.30. The molecule has 0 aliphatic carbocycles. The van der Waals surface area contributed by atoms with Gasteiger partial charge in [-0.2, -0.15) is 0 Å². The molecule has 2 rings (SSSR count). The molecule has 0 aliphatic heterocycles. The molecule has 0 amide bonds. The van der Waals surface area contributed by atoms with Crippen LogP contribution in [0, 0.1) is 0 Å². The van der Waals surface area contributed by atoms with E-state index >= 15 is 0 Å². The molecule has 0 aliphatic rings. The van der Waals surface area contributed by atoms with E-state index in [-0.39, 0.29) is 5.97 Å². The molecular weight excluding hydrogens is 232 g/mol. The van der Waals surface area contributed by atoms with Crippen LogP contribution >= 0.6 is 0 Å². The summed E-state index contributed by atoms with van der Waals surface area (Å²) in [7, 11) is 1.52. The molecular formula is C13H16N2O3. The molecule has 0 unspecified atom stereocenters. The van der Waals surface area contributed by atoms with Gasteiger partial charge in [-0.3, -0.25) is 0 Å². The molecule has 0 aromatic carbocycles. The van der Waals surface area contributed by atoms with E-state index < -0.39 is 5.60 Å². The second-order valence-electron chi connectivity index (χ2n) is 4.95. The number of carbonyl (C=O) groups excluding carboxylic acids is 1. The molecule has 5 nitrogen and oxygen atoms in total. The number of esters is 1. The van der Waals surface area contributed by atoms with Crippen molar-refractivity contribution >= 4 is 16.9 Å². The fraction of sp³-hybridized carbons (Fsp3) is 0.385. The molecule has 2 aromatic heterocycles. The number of hydrogen-bond donors (Lipinski definition) is 1. The zero-order chi connectivity index (χ0) is 13.3. The molecule has 1 N–H and O–H groups in total. The van der Waals surface area contributed by atoms with Crippen LogP contribution in [-0.4, -0.2) is 28.6 Å². The lowest BCUT2D eigenvalue weighted by molar-refractivity contribution is 0.00717. The lowest BCUT2D eigenvalue weighted by Crippen LogP contribution is -2.23. The van der Waals surface area contributed by atoms with Crippen LogP contribution in [0.5, 0.6) is 5.88 Å². The van der Waals surface area contributed by atoms with E-state index in [1.807, 2.05) is 20.8 Å². The first-order chi connectivity index (χ1) is 8.42. The summed E-state index contributed by atoms with van der Waals surface area (Å²) in [6.07, 6.45) is 3.24. The topological polar surface area (TPSA) is 64.2 Å². The number of H-pyrrole nitrogens is 1. The summed E-state index contributed by atoms with van der Waals surface area (Å²) < 4.78 is 10.5. The number of carbonyl (C=O) groups is 1. The summed E-state index contributed by atoms with van der Waals surface area (Å²) in [5.74, 6) is 0.0228. The molecule has 0 radical (unpaired) electrons. The Morgan fingerprint density at radius 3 is 2.72 bits per heavy atom. The number of fused-ring (bicyclic) bond motifs is 1. The smallest absolute Gasteiger partial charge is 0.341 e. The Balaban J connectivity index is 2.48. The average Bonchev–Trinajstić information content (AvgIpc) is 2.70. The second kappa shape index (κ2) is 4.33. The van der Waals surface area contributed by atoms with Crippen molar-refractivity contribution in [3.63, 3.8) is 0 Å². The summed E-state index contributed by atoms with van der Waals surface area (Å²) in [6, 6.07) is 1.78. The average molecular weight is 248 g/mol. The highest BCUT2D eigenvalue weighted by atomic mass is 16.6. The number of nitrogens with one attached hydrogen (secondary N) is 1. The normalized spacial score (nSPS) is 11.6. The monoisotopic (exact) mass is 248 g/mol. The quantitative estimate of drug-likeness (QED) is 0.829. The molecule has 2 aromatic rings. The largest absolute Gasteiger partial charge is 0.480 e. The van der Waals surface area contributed by atoms with Crippen molar-refractivity contribution in [3.05, 3.63) is 24.0 Å². The second-order valence-corrected chi connectivity index (χ2v) is 4.95. The molecule has 0 fully saturated rings. The Kier molecular flexibility index (Phi) is 2.98. The third-order valence-corrected chi connectivity index (χ3v) is 2.37. The van der Waals surface area contributed by atoms with E-state index in [1.165, 1.54) is 7.11 Å². The van der Waals surface area contributed by atoms with Crippen molar-refractivity contribution in [1.29, 1.82) is 0 Å². The van der Waals surface area contributed by atoms with Crippen LogP contribution < -0.4 is 4.74 Å². The van der Waals surface area contributed by atoms with Crippen LogP contribution in [0.2, 0.25) is 0 Å². The van der Waals surface area contributed by atoms with Crippen molar-refractivity contribution in [1.82, 2.24) is 9.97 Å². The van der Waals surface area contributed by atoms with Gasteiger partial charge in [0.15, 0.2) is 0 Å². The predicted molar refractivity (Wildman–Crippen MR) is 67.8 cm³/mol. The van der Waals surface area contributed by atoms with Crippen LogP contribution in [0.15, 0.2) is 18.5 Å². The van der Waals surface area contributed by atoms with Crippen molar-refractivity contribution < 1.29 is 14.3 Å². The van der Waals surface area contributed by atoms with Gasteiger partial charge in [-0.05, 0) is 26.8 Å². The highest BCUT2D eigenvalue weighted by Crippen LogP contribution is 2.27. The van der Waals surface area contributed by atoms with Crippen LogP contribution in [0.4, 0.5) is 0 Å². The highest BCUT2D eigenvalue weighted by molar-refractivity contribution is 6.06. The molecule has 18 heavy (non-hydrogen) atoms. The molecule has 0 saturated heterocycles. The highest BCUT2D eigenvalue weighted by Gasteiger charge is 2.22. The number of rotatable bonds is 2. The van der Waals surface area contributed by atoms with E-state index in [9.17, 15) is 4.79 Å². The van der Waals surface area contributed by atoms with E-state index in [0.29, 0.717) is 16.8 Å². The summed E-state index contributed by atoms with van der Waals surface area (Å²) in [4.78, 5) is 19.2. The maximum Gasteiger partial charge on any atom is 0.341 e. The van der Waals surface area contributed by atoms with Crippen molar-refractivity contribution in [3.8, 4) is 5.88 Å². The van der Waals surface area contributed by atoms with Gasteiger partial charge in [-0.1, -0.05) is 0 Å². The van der Waals surface area contributed by atoms with E-state index in [0.717, 1.165) is 5.52 Å². The minimum atomic E-state index is -0.532. The number of nitrogens with zero attached hydrogens (tertiary/aromatic N) is 1. The SMILES string of the molecule is COc1nccc2[nH]cc(C(=O)OC(C)(C)C)c12. The van der Waals surface area contributed by atoms with Crippen LogP contribution in [0.25, 0.3) is 10.9 Å². The number of hydrogen-bond acceptors (Lipinski definition) is 4. The molecule has 96 valence electrons. The third-order valence-electron chi connectivity index (χ3n) is 2.37. The van der Waals surface area contributed by atoms with Gasteiger partial charge in [0.05, 0.1) is 23.6 Å². The molecule has 0 atom stereocenters. The van der Waals surface area contributed by atoms with Gasteiger partial charge in [0, 0.05) is 12.4 Å². The van der Waals surface area contributed by atoms with Gasteiger partial charge in [0.1, 0.15) is 5.60 Å². The van der Waals surface area contributed by atoms with Crippen molar-refractivity contribution in [2.24, 2.45) is 0 Å². The number of methoxy groups -OCH3 is 1.